The molecule has 13 rings (SSSR count). The van der Waals surface area contributed by atoms with Crippen LogP contribution in [0.3, 0.4) is 0 Å². The average molecular weight is 1090 g/mol. The molecule has 414 valence electrons. The Labute approximate surface area is 460 Å². The maximum absolute atomic E-state index is 16.9. The molecule has 2 saturated heterocycles. The van der Waals surface area contributed by atoms with Crippen molar-refractivity contribution < 1.29 is 37.2 Å². The molecule has 0 amide bonds. The van der Waals surface area contributed by atoms with Gasteiger partial charge in [0, 0.05) is 85.9 Å². The van der Waals surface area contributed by atoms with E-state index in [4.69, 9.17) is 19.4 Å². The van der Waals surface area contributed by atoms with E-state index in [1.165, 1.54) is 18.2 Å². The first-order chi connectivity index (χ1) is 38.4. The summed E-state index contributed by atoms with van der Waals surface area (Å²) >= 11 is 0. The standard InChI is InChI=1S/C32H33F2N5O2.C30H31F2N5O2/c1-18-29(38(3)37-36-18)20-16-26-28(35-17-20)23-10-11-24(32(2,40)21-8-9-21)27(34)31(23)39(26)30(19-12-14-41-15-13-19)22-6-4-5-7-25(22)33;1-17-28(36(4)35-34-17)20-14-26-27(33-16-20)22-7-6-21(30(2,3)38)15-25(22)37(26)29(18-9-11-39-12-10-18)19-5-8-23(31)24(32)13-19/h4-7,10-11,16-17,19,21,30,40H,8-9,12-15H2,1-3H3;5-8,13-16,18,29,38H,9-12H2,1-4H3/t30-,32?;/m0./s1. The molecule has 3 aliphatic rings. The number of pyridine rings is 2. The van der Waals surface area contributed by atoms with Crippen LogP contribution in [0.25, 0.3) is 66.4 Å². The normalized spacial score (nSPS) is 17.3. The molecule has 8 heterocycles. The lowest BCUT2D eigenvalue weighted by Gasteiger charge is -2.33. The van der Waals surface area contributed by atoms with Crippen molar-refractivity contribution in [3.05, 3.63) is 154 Å². The van der Waals surface area contributed by atoms with Crippen molar-refractivity contribution >= 4 is 43.9 Å². The number of aromatic nitrogens is 10. The summed E-state index contributed by atoms with van der Waals surface area (Å²) in [5, 5.41) is 40.6. The minimum Gasteiger partial charge on any atom is -0.386 e. The monoisotopic (exact) mass is 1090 g/mol. The minimum absolute atomic E-state index is 0.00443. The third-order valence-electron chi connectivity index (χ3n) is 17.0. The summed E-state index contributed by atoms with van der Waals surface area (Å²) in [6, 6.07) is 23.6. The largest absolute Gasteiger partial charge is 0.386 e. The summed E-state index contributed by atoms with van der Waals surface area (Å²) in [6.45, 7) is 11.3. The quantitative estimate of drug-likeness (QED) is 0.120. The summed E-state index contributed by atoms with van der Waals surface area (Å²) in [5.41, 5.74) is 8.85. The highest BCUT2D eigenvalue weighted by Gasteiger charge is 2.44. The molecule has 18 heteroatoms. The molecule has 0 bridgehead atoms. The topological polar surface area (TPSA) is 156 Å². The highest BCUT2D eigenvalue weighted by Crippen LogP contribution is 2.50. The van der Waals surface area contributed by atoms with Crippen molar-refractivity contribution in [2.24, 2.45) is 31.8 Å². The highest BCUT2D eigenvalue weighted by molar-refractivity contribution is 6.08. The van der Waals surface area contributed by atoms with Crippen LogP contribution in [0.1, 0.15) is 105 Å². The van der Waals surface area contributed by atoms with Gasteiger partial charge in [-0.1, -0.05) is 59.0 Å². The number of hydrogen-bond acceptors (Lipinski definition) is 10. The molecule has 2 unspecified atom stereocenters. The van der Waals surface area contributed by atoms with Gasteiger partial charge in [0.1, 0.15) is 5.82 Å². The fraction of sp³-hybridized carbons (Fsp3) is 0.387. The number of hydrogen-bond donors (Lipinski definition) is 2. The van der Waals surface area contributed by atoms with E-state index >= 15 is 8.78 Å². The minimum atomic E-state index is -1.30. The predicted octanol–water partition coefficient (Wildman–Crippen LogP) is 12.0. The van der Waals surface area contributed by atoms with Gasteiger partial charge >= 0.3 is 0 Å². The number of benzene rings is 4. The lowest BCUT2D eigenvalue weighted by atomic mass is 9.86. The van der Waals surface area contributed by atoms with Crippen molar-refractivity contribution in [3.63, 3.8) is 0 Å². The van der Waals surface area contributed by atoms with Gasteiger partial charge in [-0.3, -0.25) is 9.97 Å². The Kier molecular flexibility index (Phi) is 13.7. The predicted molar refractivity (Wildman–Crippen MR) is 298 cm³/mol. The third-order valence-corrected chi connectivity index (χ3v) is 17.0. The van der Waals surface area contributed by atoms with Crippen LogP contribution >= 0.6 is 0 Å². The van der Waals surface area contributed by atoms with E-state index in [1.54, 1.807) is 60.6 Å². The number of rotatable bonds is 11. The van der Waals surface area contributed by atoms with Crippen LogP contribution in [-0.4, -0.2) is 85.7 Å². The van der Waals surface area contributed by atoms with Gasteiger partial charge in [-0.2, -0.15) is 0 Å². The molecule has 3 fully saturated rings. The Balaban J connectivity index is 0.000000159. The molecule has 10 aromatic rings. The maximum Gasteiger partial charge on any atom is 0.159 e. The van der Waals surface area contributed by atoms with Crippen molar-refractivity contribution in [2.75, 3.05) is 26.4 Å². The molecule has 3 atom stereocenters. The van der Waals surface area contributed by atoms with Crippen LogP contribution in [0.5, 0.6) is 0 Å². The van der Waals surface area contributed by atoms with Crippen LogP contribution in [0.2, 0.25) is 0 Å². The highest BCUT2D eigenvalue weighted by atomic mass is 19.2. The lowest BCUT2D eigenvalue weighted by molar-refractivity contribution is 0.0297. The zero-order valence-corrected chi connectivity index (χ0v) is 45.9. The zero-order valence-electron chi connectivity index (χ0n) is 45.9. The zero-order chi connectivity index (χ0) is 55.9. The number of halogens is 4. The molecular formula is C62H64F4N10O4. The number of nitrogens with zero attached hydrogens (tertiary/aromatic N) is 10. The van der Waals surface area contributed by atoms with Crippen molar-refractivity contribution in [2.45, 2.75) is 96.4 Å². The first-order valence-corrected chi connectivity index (χ1v) is 27.5. The second-order valence-electron chi connectivity index (χ2n) is 22.7. The van der Waals surface area contributed by atoms with Gasteiger partial charge in [-0.05, 0) is 138 Å². The van der Waals surface area contributed by atoms with Gasteiger partial charge in [-0.25, -0.2) is 26.9 Å². The molecule has 4 aromatic carbocycles. The number of fused-ring (bicyclic) bond motifs is 6. The molecular weight excluding hydrogens is 1020 g/mol. The molecule has 1 saturated carbocycles. The molecule has 0 spiro atoms. The maximum atomic E-state index is 16.9. The van der Waals surface area contributed by atoms with Gasteiger partial charge in [0.25, 0.3) is 0 Å². The van der Waals surface area contributed by atoms with Gasteiger partial charge in [0.15, 0.2) is 17.5 Å². The van der Waals surface area contributed by atoms with E-state index in [2.05, 4.69) is 31.3 Å². The van der Waals surface area contributed by atoms with Crippen molar-refractivity contribution in [3.8, 4) is 22.5 Å². The first-order valence-electron chi connectivity index (χ1n) is 27.5. The smallest absolute Gasteiger partial charge is 0.159 e. The summed E-state index contributed by atoms with van der Waals surface area (Å²) < 4.78 is 80.3. The molecule has 0 radical (unpaired) electrons. The summed E-state index contributed by atoms with van der Waals surface area (Å²) in [5.74, 6) is -2.46. The van der Waals surface area contributed by atoms with Gasteiger partial charge in [0.05, 0.1) is 79.2 Å². The fourth-order valence-corrected chi connectivity index (χ4v) is 12.8. The SMILES string of the molecule is Cc1nnn(C)c1-c1cnc2c3ccc(C(C)(C)O)cc3n(C(c3ccc(F)c(F)c3)C3CCOCC3)c2c1.Cc1nnn(C)c1-c1cnc2c3ccc(C(C)(O)C4CC4)c(F)c3n([C@H](c3ccccc3F)C3CCOCC3)c2c1. The second-order valence-corrected chi connectivity index (χ2v) is 22.7. The van der Waals surface area contributed by atoms with Gasteiger partial charge < -0.3 is 28.8 Å². The van der Waals surface area contributed by atoms with Crippen LogP contribution in [-0.2, 0) is 34.8 Å². The Morgan fingerprint density at radius 2 is 1.15 bits per heavy atom. The number of ether oxygens (including phenoxy) is 2. The second kappa shape index (κ2) is 20.6. The fourth-order valence-electron chi connectivity index (χ4n) is 12.8. The summed E-state index contributed by atoms with van der Waals surface area (Å²) in [6.07, 6.45) is 8.26. The Morgan fingerprint density at radius 1 is 0.588 bits per heavy atom. The average Bonchev–Trinajstić information content (AvgIpc) is 3.46. The van der Waals surface area contributed by atoms with Crippen LogP contribution < -0.4 is 0 Å². The summed E-state index contributed by atoms with van der Waals surface area (Å²) in [7, 11) is 3.67. The Morgan fingerprint density at radius 3 is 1.70 bits per heavy atom. The van der Waals surface area contributed by atoms with E-state index in [1.807, 2.05) is 75.1 Å². The molecule has 1 aliphatic carbocycles. The van der Waals surface area contributed by atoms with Gasteiger partial charge in [0.2, 0.25) is 0 Å². The van der Waals surface area contributed by atoms with E-state index < -0.39 is 34.7 Å². The van der Waals surface area contributed by atoms with Crippen LogP contribution in [0, 0.1) is 54.9 Å². The van der Waals surface area contributed by atoms with E-state index in [9.17, 15) is 19.0 Å². The Hall–Kier alpha value is -7.38. The molecule has 2 N–H and O–H groups in total. The van der Waals surface area contributed by atoms with E-state index in [0.717, 1.165) is 87.1 Å². The van der Waals surface area contributed by atoms with E-state index in [0.29, 0.717) is 72.3 Å². The Bertz CT molecular complexity index is 3950. The first kappa shape index (κ1) is 53.3. The molecule has 6 aromatic heterocycles. The number of aliphatic hydroxyl groups is 2. The molecule has 14 nitrogen and oxygen atoms in total. The summed E-state index contributed by atoms with van der Waals surface area (Å²) in [4.78, 5) is 9.76. The third kappa shape index (κ3) is 9.32. The van der Waals surface area contributed by atoms with Crippen molar-refractivity contribution in [1.29, 1.82) is 0 Å². The van der Waals surface area contributed by atoms with Gasteiger partial charge in [-0.15, -0.1) is 10.2 Å². The number of aryl methyl sites for hydroxylation is 4. The van der Waals surface area contributed by atoms with E-state index in [-0.39, 0.29) is 35.2 Å². The van der Waals surface area contributed by atoms with Crippen LogP contribution in [0.4, 0.5) is 17.6 Å². The molecule has 80 heavy (non-hydrogen) atoms. The lowest BCUT2D eigenvalue weighted by Crippen LogP contribution is -2.28. The van der Waals surface area contributed by atoms with Crippen LogP contribution in [0.15, 0.2) is 97.3 Å². The molecule has 2 aliphatic heterocycles. The van der Waals surface area contributed by atoms with Crippen molar-refractivity contribution in [1.82, 2.24) is 49.1 Å².